The van der Waals surface area contributed by atoms with Crippen molar-refractivity contribution >= 4 is 23.2 Å². The molecule has 1 aliphatic rings. The zero-order valence-corrected chi connectivity index (χ0v) is 9.97. The molecule has 0 spiro atoms. The van der Waals surface area contributed by atoms with Crippen molar-refractivity contribution < 1.29 is 4.79 Å². The van der Waals surface area contributed by atoms with Gasteiger partial charge in [-0.05, 0) is 49.7 Å². The van der Waals surface area contributed by atoms with Crippen molar-refractivity contribution in [2.24, 2.45) is 5.92 Å². The van der Waals surface area contributed by atoms with Crippen LogP contribution in [-0.2, 0) is 4.79 Å². The van der Waals surface area contributed by atoms with Gasteiger partial charge in [0.05, 0.1) is 0 Å². The highest BCUT2D eigenvalue weighted by Crippen LogP contribution is 2.20. The average molecular weight is 239 g/mol. The molecule has 0 aromatic heterocycles. The fourth-order valence-corrected chi connectivity index (χ4v) is 1.81. The Hall–Kier alpha value is -1.06. The fraction of sp³-hybridized carbons (Fsp3) is 0.417. The van der Waals surface area contributed by atoms with Crippen LogP contribution in [0, 0.1) is 12.8 Å². The topological polar surface area (TPSA) is 41.1 Å². The van der Waals surface area contributed by atoms with Crippen LogP contribution in [0.2, 0.25) is 5.02 Å². The zero-order chi connectivity index (χ0) is 11.5. The number of rotatable bonds is 3. The van der Waals surface area contributed by atoms with Gasteiger partial charge in [-0.1, -0.05) is 11.6 Å². The monoisotopic (exact) mass is 238 g/mol. The molecular weight excluding hydrogens is 224 g/mol. The van der Waals surface area contributed by atoms with Crippen molar-refractivity contribution in [2.45, 2.75) is 13.3 Å². The van der Waals surface area contributed by atoms with Gasteiger partial charge < -0.3 is 10.6 Å². The maximum atomic E-state index is 11.6. The molecule has 0 radical (unpaired) electrons. The summed E-state index contributed by atoms with van der Waals surface area (Å²) in [7, 11) is 0. The summed E-state index contributed by atoms with van der Waals surface area (Å²) in [6.45, 7) is 3.83. The van der Waals surface area contributed by atoms with Crippen LogP contribution in [0.5, 0.6) is 0 Å². The summed E-state index contributed by atoms with van der Waals surface area (Å²) in [5, 5.41) is 6.76. The molecule has 1 heterocycles. The quantitative estimate of drug-likeness (QED) is 0.848. The van der Waals surface area contributed by atoms with Crippen LogP contribution in [0.1, 0.15) is 12.0 Å². The van der Waals surface area contributed by atoms with E-state index in [2.05, 4.69) is 10.6 Å². The van der Waals surface area contributed by atoms with Gasteiger partial charge in [-0.2, -0.15) is 0 Å². The third kappa shape index (κ3) is 2.74. The second kappa shape index (κ2) is 4.85. The van der Waals surface area contributed by atoms with E-state index in [0.29, 0.717) is 12.3 Å². The summed E-state index contributed by atoms with van der Waals surface area (Å²) in [4.78, 5) is 11.6. The molecule has 2 rings (SSSR count). The molecule has 0 aliphatic carbocycles. The van der Waals surface area contributed by atoms with E-state index in [4.69, 9.17) is 11.6 Å². The predicted octanol–water partition coefficient (Wildman–Crippen LogP) is 2.20. The van der Waals surface area contributed by atoms with Crippen molar-refractivity contribution in [1.82, 2.24) is 5.32 Å². The van der Waals surface area contributed by atoms with Crippen molar-refractivity contribution in [3.63, 3.8) is 0 Å². The van der Waals surface area contributed by atoms with Crippen LogP contribution in [0.15, 0.2) is 18.2 Å². The van der Waals surface area contributed by atoms with Gasteiger partial charge in [0.1, 0.15) is 0 Å². The number of amides is 1. The van der Waals surface area contributed by atoms with Crippen molar-refractivity contribution in [1.29, 1.82) is 0 Å². The summed E-state index contributed by atoms with van der Waals surface area (Å²) < 4.78 is 0. The maximum absolute atomic E-state index is 11.6. The SMILES string of the molecule is Cc1cc(NC(=O)CC2CNC2)ccc1Cl. The molecule has 1 amide bonds. The number of carbonyl (C=O) groups is 1. The summed E-state index contributed by atoms with van der Waals surface area (Å²) in [6, 6.07) is 5.52. The number of aryl methyl sites for hydroxylation is 1. The molecule has 0 bridgehead atoms. The van der Waals surface area contributed by atoms with E-state index in [9.17, 15) is 4.79 Å². The lowest BCUT2D eigenvalue weighted by atomic mass is 9.99. The second-order valence-electron chi connectivity index (χ2n) is 4.24. The zero-order valence-electron chi connectivity index (χ0n) is 9.22. The number of hydrogen-bond donors (Lipinski definition) is 2. The van der Waals surface area contributed by atoms with Gasteiger partial charge >= 0.3 is 0 Å². The first-order valence-corrected chi connectivity index (χ1v) is 5.79. The molecule has 1 aromatic rings. The highest BCUT2D eigenvalue weighted by atomic mass is 35.5. The Balaban J connectivity index is 1.92. The number of benzene rings is 1. The molecule has 1 fully saturated rings. The Morgan fingerprint density at radius 1 is 1.56 bits per heavy atom. The largest absolute Gasteiger partial charge is 0.326 e. The molecule has 0 saturated carbocycles. The van der Waals surface area contributed by atoms with Crippen molar-refractivity contribution in [2.75, 3.05) is 18.4 Å². The minimum Gasteiger partial charge on any atom is -0.326 e. The summed E-state index contributed by atoms with van der Waals surface area (Å²) in [6.07, 6.45) is 0.592. The Labute approximate surface area is 100 Å². The highest BCUT2D eigenvalue weighted by Gasteiger charge is 2.19. The highest BCUT2D eigenvalue weighted by molar-refractivity contribution is 6.31. The van der Waals surface area contributed by atoms with Crippen molar-refractivity contribution in [3.8, 4) is 0 Å². The Kier molecular flexibility index (Phi) is 3.46. The lowest BCUT2D eigenvalue weighted by molar-refractivity contribution is -0.117. The molecule has 3 nitrogen and oxygen atoms in total. The van der Waals surface area contributed by atoms with E-state index in [1.807, 2.05) is 19.1 Å². The molecule has 4 heteroatoms. The Morgan fingerprint density at radius 2 is 2.31 bits per heavy atom. The van der Waals surface area contributed by atoms with E-state index >= 15 is 0 Å². The van der Waals surface area contributed by atoms with Gasteiger partial charge in [0, 0.05) is 17.1 Å². The minimum absolute atomic E-state index is 0.0771. The molecule has 1 aliphatic heterocycles. The molecule has 1 saturated heterocycles. The van der Waals surface area contributed by atoms with Gasteiger partial charge in [-0.25, -0.2) is 0 Å². The van der Waals surface area contributed by atoms with Gasteiger partial charge in [0.2, 0.25) is 5.91 Å². The van der Waals surface area contributed by atoms with Gasteiger partial charge in [0.25, 0.3) is 0 Å². The third-order valence-corrected chi connectivity index (χ3v) is 3.21. The summed E-state index contributed by atoms with van der Waals surface area (Å²) in [5.74, 6) is 0.571. The van der Waals surface area contributed by atoms with Crippen LogP contribution in [0.4, 0.5) is 5.69 Å². The Morgan fingerprint density at radius 3 is 2.88 bits per heavy atom. The number of halogens is 1. The molecule has 86 valence electrons. The first-order valence-electron chi connectivity index (χ1n) is 5.42. The van der Waals surface area contributed by atoms with E-state index in [1.165, 1.54) is 0 Å². The van der Waals surface area contributed by atoms with Gasteiger partial charge in [0.15, 0.2) is 0 Å². The normalized spacial score (nSPS) is 15.6. The van der Waals surface area contributed by atoms with Gasteiger partial charge in [-0.3, -0.25) is 4.79 Å². The molecule has 1 aromatic carbocycles. The summed E-state index contributed by atoms with van der Waals surface area (Å²) >= 11 is 5.91. The molecule has 0 atom stereocenters. The van der Waals surface area contributed by atoms with E-state index in [0.717, 1.165) is 29.4 Å². The lowest BCUT2D eigenvalue weighted by Gasteiger charge is -2.26. The van der Waals surface area contributed by atoms with Crippen LogP contribution in [-0.4, -0.2) is 19.0 Å². The van der Waals surface area contributed by atoms with Crippen LogP contribution in [0.25, 0.3) is 0 Å². The average Bonchev–Trinajstić information content (AvgIpc) is 2.18. The van der Waals surface area contributed by atoms with Gasteiger partial charge in [-0.15, -0.1) is 0 Å². The van der Waals surface area contributed by atoms with Crippen LogP contribution < -0.4 is 10.6 Å². The van der Waals surface area contributed by atoms with E-state index < -0.39 is 0 Å². The predicted molar refractivity (Wildman–Crippen MR) is 65.8 cm³/mol. The van der Waals surface area contributed by atoms with Crippen LogP contribution >= 0.6 is 11.6 Å². The first-order chi connectivity index (χ1) is 7.65. The van der Waals surface area contributed by atoms with Crippen molar-refractivity contribution in [3.05, 3.63) is 28.8 Å². The smallest absolute Gasteiger partial charge is 0.224 e. The number of carbonyl (C=O) groups excluding carboxylic acids is 1. The number of nitrogens with one attached hydrogen (secondary N) is 2. The molecular formula is C12H15ClN2O. The molecule has 2 N–H and O–H groups in total. The van der Waals surface area contributed by atoms with E-state index in [-0.39, 0.29) is 5.91 Å². The molecule has 0 unspecified atom stereocenters. The lowest BCUT2D eigenvalue weighted by Crippen LogP contribution is -2.43. The standard InChI is InChI=1S/C12H15ClN2O/c1-8-4-10(2-3-11(8)13)15-12(16)5-9-6-14-7-9/h2-4,9,14H,5-7H2,1H3,(H,15,16). The molecule has 16 heavy (non-hydrogen) atoms. The first kappa shape index (κ1) is 11.4. The Bertz CT molecular complexity index is 402. The third-order valence-electron chi connectivity index (χ3n) is 2.78. The number of anilines is 1. The summed E-state index contributed by atoms with van der Waals surface area (Å²) in [5.41, 5.74) is 1.80. The minimum atomic E-state index is 0.0771. The maximum Gasteiger partial charge on any atom is 0.224 e. The number of hydrogen-bond acceptors (Lipinski definition) is 2. The second-order valence-corrected chi connectivity index (χ2v) is 4.65. The van der Waals surface area contributed by atoms with E-state index in [1.54, 1.807) is 6.07 Å². The fourth-order valence-electron chi connectivity index (χ4n) is 1.69. The van der Waals surface area contributed by atoms with Crippen LogP contribution in [0.3, 0.4) is 0 Å².